The van der Waals surface area contributed by atoms with Crippen LogP contribution in [0.25, 0.3) is 16.8 Å². The average Bonchev–Trinajstić information content (AvgIpc) is 3.27. The minimum absolute atomic E-state index is 0.109. The molecule has 2 N–H and O–H groups in total. The summed E-state index contributed by atoms with van der Waals surface area (Å²) >= 11 is 1.51. The Hall–Kier alpha value is -2.87. The summed E-state index contributed by atoms with van der Waals surface area (Å²) in [5.74, 6) is 0.511. The van der Waals surface area contributed by atoms with Gasteiger partial charge in [0.1, 0.15) is 16.6 Å². The van der Waals surface area contributed by atoms with Crippen LogP contribution in [0.3, 0.4) is 0 Å². The number of amidine groups is 1. The van der Waals surface area contributed by atoms with Gasteiger partial charge in [0.25, 0.3) is 0 Å². The molecule has 1 aromatic heterocycles. The molecule has 4 rings (SSSR count). The molecule has 0 aliphatic carbocycles. The van der Waals surface area contributed by atoms with Gasteiger partial charge in [0, 0.05) is 29.6 Å². The van der Waals surface area contributed by atoms with E-state index in [1.165, 1.54) is 11.3 Å². The van der Waals surface area contributed by atoms with Crippen LogP contribution in [0.1, 0.15) is 29.7 Å². The summed E-state index contributed by atoms with van der Waals surface area (Å²) in [6.45, 7) is 5.69. The highest BCUT2D eigenvalue weighted by atomic mass is 32.1. The zero-order chi connectivity index (χ0) is 21.3. The molecule has 0 spiro atoms. The van der Waals surface area contributed by atoms with Crippen molar-refractivity contribution in [3.63, 3.8) is 0 Å². The van der Waals surface area contributed by atoms with Crippen molar-refractivity contribution in [1.29, 1.82) is 5.41 Å². The number of ether oxygens (including phenoxy) is 1. The first-order valence-electron chi connectivity index (χ1n) is 10.2. The second-order valence-corrected chi connectivity index (χ2v) is 8.71. The van der Waals surface area contributed by atoms with Crippen LogP contribution in [-0.4, -0.2) is 64.1 Å². The van der Waals surface area contributed by atoms with E-state index in [9.17, 15) is 9.90 Å². The van der Waals surface area contributed by atoms with Crippen LogP contribution in [0.2, 0.25) is 0 Å². The highest BCUT2D eigenvalue weighted by Gasteiger charge is 2.37. The van der Waals surface area contributed by atoms with Gasteiger partial charge in [-0.3, -0.25) is 5.41 Å². The Bertz CT molecular complexity index is 978. The smallest absolute Gasteiger partial charge is 0.409 e. The lowest BCUT2D eigenvalue weighted by Crippen LogP contribution is -2.47. The third kappa shape index (κ3) is 3.79. The van der Waals surface area contributed by atoms with Gasteiger partial charge in [-0.1, -0.05) is 30.3 Å². The van der Waals surface area contributed by atoms with Crippen LogP contribution in [0.5, 0.6) is 0 Å². The number of nitrogens with zero attached hydrogens (tertiary/aromatic N) is 3. The third-order valence-electron chi connectivity index (χ3n) is 5.62. The SMILES string of the molecule is CCOC(=O)N1CCC(N2CC(O)=C(c3nc(-c4ccccc4)c(C)s3)C2=N)CC1. The predicted molar refractivity (Wildman–Crippen MR) is 118 cm³/mol. The van der Waals surface area contributed by atoms with Crippen LogP contribution in [0, 0.1) is 12.3 Å². The molecular weight excluding hydrogens is 400 g/mol. The first-order chi connectivity index (χ1) is 14.5. The first kappa shape index (κ1) is 20.4. The summed E-state index contributed by atoms with van der Waals surface area (Å²) in [7, 11) is 0. The number of aryl methyl sites for hydroxylation is 1. The summed E-state index contributed by atoms with van der Waals surface area (Å²) in [5, 5.41) is 20.1. The molecule has 1 amide bonds. The summed E-state index contributed by atoms with van der Waals surface area (Å²) in [6.07, 6.45) is 1.21. The van der Waals surface area contributed by atoms with E-state index >= 15 is 0 Å². The number of amides is 1. The van der Waals surface area contributed by atoms with Gasteiger partial charge in [-0.05, 0) is 26.7 Å². The van der Waals surface area contributed by atoms with Crippen molar-refractivity contribution in [2.75, 3.05) is 26.2 Å². The fraction of sp³-hybridized carbons (Fsp3) is 0.409. The van der Waals surface area contributed by atoms with Crippen LogP contribution in [-0.2, 0) is 4.74 Å². The number of carbonyl (C=O) groups is 1. The Morgan fingerprint density at radius 3 is 2.67 bits per heavy atom. The molecular formula is C22H26N4O3S. The highest BCUT2D eigenvalue weighted by molar-refractivity contribution is 7.13. The van der Waals surface area contributed by atoms with Crippen molar-refractivity contribution >= 4 is 28.8 Å². The maximum atomic E-state index is 11.9. The number of rotatable bonds is 4. The van der Waals surface area contributed by atoms with Gasteiger partial charge in [0.15, 0.2) is 0 Å². The summed E-state index contributed by atoms with van der Waals surface area (Å²) < 4.78 is 5.08. The van der Waals surface area contributed by atoms with Crippen LogP contribution in [0.4, 0.5) is 4.79 Å². The Morgan fingerprint density at radius 1 is 1.30 bits per heavy atom. The van der Waals surface area contributed by atoms with Crippen molar-refractivity contribution in [3.05, 3.63) is 46.0 Å². The highest BCUT2D eigenvalue weighted by Crippen LogP contribution is 2.36. The maximum Gasteiger partial charge on any atom is 0.409 e. The average molecular weight is 427 g/mol. The lowest BCUT2D eigenvalue weighted by molar-refractivity contribution is 0.0876. The van der Waals surface area contributed by atoms with Crippen molar-refractivity contribution in [3.8, 4) is 11.3 Å². The summed E-state index contributed by atoms with van der Waals surface area (Å²) in [6, 6.07) is 10.1. The molecule has 8 heteroatoms. The van der Waals surface area contributed by atoms with Crippen LogP contribution >= 0.6 is 11.3 Å². The molecule has 0 unspecified atom stereocenters. The van der Waals surface area contributed by atoms with E-state index in [-0.39, 0.29) is 17.9 Å². The molecule has 2 aliphatic rings. The molecule has 1 fully saturated rings. The Morgan fingerprint density at radius 2 is 2.00 bits per heavy atom. The quantitative estimate of drug-likeness (QED) is 0.761. The van der Waals surface area contributed by atoms with Crippen molar-refractivity contribution < 1.29 is 14.6 Å². The van der Waals surface area contributed by atoms with Crippen molar-refractivity contribution in [1.82, 2.24) is 14.8 Å². The Labute approximate surface area is 180 Å². The van der Waals surface area contributed by atoms with Crippen molar-refractivity contribution in [2.45, 2.75) is 32.7 Å². The number of nitrogens with one attached hydrogen (secondary N) is 1. The molecule has 7 nitrogen and oxygen atoms in total. The van der Waals surface area contributed by atoms with Gasteiger partial charge in [0.2, 0.25) is 0 Å². The second-order valence-electron chi connectivity index (χ2n) is 7.51. The number of hydrogen-bond donors (Lipinski definition) is 2. The Balaban J connectivity index is 1.48. The number of aliphatic hydroxyl groups excluding tert-OH is 1. The maximum absolute atomic E-state index is 11.9. The first-order valence-corrected chi connectivity index (χ1v) is 11.0. The van der Waals surface area contributed by atoms with E-state index in [0.29, 0.717) is 42.7 Å². The Kier molecular flexibility index (Phi) is 5.76. The normalized spacial score (nSPS) is 17.7. The fourth-order valence-corrected chi connectivity index (χ4v) is 5.08. The van der Waals surface area contributed by atoms with E-state index in [1.54, 1.807) is 11.8 Å². The molecule has 0 atom stereocenters. The van der Waals surface area contributed by atoms with Crippen LogP contribution in [0.15, 0.2) is 36.1 Å². The van der Waals surface area contributed by atoms with E-state index in [0.717, 1.165) is 29.0 Å². The minimum atomic E-state index is -0.277. The van der Waals surface area contributed by atoms with Gasteiger partial charge >= 0.3 is 6.09 Å². The molecule has 30 heavy (non-hydrogen) atoms. The summed E-state index contributed by atoms with van der Waals surface area (Å²) in [5.41, 5.74) is 2.45. The number of likely N-dealkylation sites (tertiary alicyclic amines) is 1. The number of piperidine rings is 1. The van der Waals surface area contributed by atoms with Gasteiger partial charge < -0.3 is 19.6 Å². The molecule has 0 radical (unpaired) electrons. The van der Waals surface area contributed by atoms with Gasteiger partial charge in [-0.15, -0.1) is 11.3 Å². The van der Waals surface area contributed by atoms with E-state index in [1.807, 2.05) is 42.2 Å². The molecule has 1 saturated heterocycles. The van der Waals surface area contributed by atoms with Gasteiger partial charge in [-0.2, -0.15) is 0 Å². The van der Waals surface area contributed by atoms with Gasteiger partial charge in [-0.25, -0.2) is 9.78 Å². The van der Waals surface area contributed by atoms with E-state index in [4.69, 9.17) is 15.1 Å². The van der Waals surface area contributed by atoms with Crippen molar-refractivity contribution in [2.24, 2.45) is 0 Å². The number of benzene rings is 1. The monoisotopic (exact) mass is 426 g/mol. The zero-order valence-electron chi connectivity index (χ0n) is 17.2. The molecule has 3 heterocycles. The molecule has 0 saturated carbocycles. The fourth-order valence-electron chi connectivity index (χ4n) is 4.08. The van der Waals surface area contributed by atoms with Gasteiger partial charge in [0.05, 0.1) is 24.4 Å². The zero-order valence-corrected chi connectivity index (χ0v) is 18.0. The number of hydrogen-bond acceptors (Lipinski definition) is 6. The minimum Gasteiger partial charge on any atom is -0.510 e. The summed E-state index contributed by atoms with van der Waals surface area (Å²) in [4.78, 5) is 21.4. The predicted octanol–water partition coefficient (Wildman–Crippen LogP) is 4.30. The lowest BCUT2D eigenvalue weighted by Gasteiger charge is -2.37. The number of carbonyl (C=O) groups excluding carboxylic acids is 1. The van der Waals surface area contributed by atoms with Crippen LogP contribution < -0.4 is 0 Å². The number of aromatic nitrogens is 1. The van der Waals surface area contributed by atoms with E-state index in [2.05, 4.69) is 0 Å². The lowest BCUT2D eigenvalue weighted by atomic mass is 10.0. The number of aliphatic hydroxyl groups is 1. The standard InChI is InChI=1S/C22H26N4O3S/c1-3-29-22(28)25-11-9-16(10-12-25)26-13-17(27)18(20(26)23)21-24-19(14(2)30-21)15-7-5-4-6-8-15/h4-8,16,23,27H,3,9-13H2,1-2H3. The number of thiazole rings is 1. The molecule has 2 aromatic rings. The third-order valence-corrected chi connectivity index (χ3v) is 6.61. The molecule has 2 aliphatic heterocycles. The topological polar surface area (TPSA) is 89.8 Å². The largest absolute Gasteiger partial charge is 0.510 e. The molecule has 0 bridgehead atoms. The molecule has 158 valence electrons. The molecule has 1 aromatic carbocycles. The second kappa shape index (κ2) is 8.47. The van der Waals surface area contributed by atoms with E-state index < -0.39 is 0 Å².